The molecule has 1 N–H and O–H groups in total. The van der Waals surface area contributed by atoms with Crippen LogP contribution in [0.4, 0.5) is 5.69 Å². The Kier molecular flexibility index (Phi) is 4.03. The molecule has 20 heavy (non-hydrogen) atoms. The maximum atomic E-state index is 11.9. The van der Waals surface area contributed by atoms with E-state index >= 15 is 0 Å². The second kappa shape index (κ2) is 5.43. The third-order valence-electron chi connectivity index (χ3n) is 2.50. The van der Waals surface area contributed by atoms with Gasteiger partial charge in [-0.15, -0.1) is 0 Å². The van der Waals surface area contributed by atoms with Crippen LogP contribution in [0.15, 0.2) is 35.6 Å². The van der Waals surface area contributed by atoms with Crippen molar-refractivity contribution in [1.29, 1.82) is 0 Å². The highest BCUT2D eigenvalue weighted by Gasteiger charge is 2.16. The largest absolute Gasteiger partial charge is 0.330 e. The van der Waals surface area contributed by atoms with Gasteiger partial charge in [0.25, 0.3) is 15.0 Å². The van der Waals surface area contributed by atoms with Crippen molar-refractivity contribution in [3.05, 3.63) is 41.4 Å². The highest BCUT2D eigenvalue weighted by Crippen LogP contribution is 2.27. The summed E-state index contributed by atoms with van der Waals surface area (Å²) in [5, 5.41) is 2.52. The molecule has 6 nitrogen and oxygen atoms in total. The first kappa shape index (κ1) is 14.8. The van der Waals surface area contributed by atoms with Crippen LogP contribution in [0, 0.1) is 0 Å². The van der Waals surface area contributed by atoms with E-state index in [0.717, 1.165) is 0 Å². The number of halogens is 2. The first-order valence-electron chi connectivity index (χ1n) is 5.31. The lowest BCUT2D eigenvalue weighted by atomic mass is 10.3. The van der Waals surface area contributed by atoms with Gasteiger partial charge in [-0.25, -0.2) is 13.4 Å². The zero-order chi connectivity index (χ0) is 14.9. The van der Waals surface area contributed by atoms with E-state index in [1.807, 2.05) is 0 Å². The SMILES string of the molecule is Cn1cncc1C(=O)Nc1ccc(S(=O)(=O)Cl)c(Cl)c1. The molecule has 0 saturated carbocycles. The maximum Gasteiger partial charge on any atom is 0.273 e. The molecule has 0 saturated heterocycles. The molecule has 0 aliphatic heterocycles. The Morgan fingerprint density at radius 3 is 2.60 bits per heavy atom. The standard InChI is InChI=1S/C11H9Cl2N3O3S/c1-16-6-14-5-9(16)11(17)15-7-2-3-10(8(12)4-7)20(13,18)19/h2-6H,1H3,(H,15,17). The molecule has 1 aromatic heterocycles. The number of carbonyl (C=O) groups excluding carboxylic acids is 1. The third-order valence-corrected chi connectivity index (χ3v) is 4.31. The van der Waals surface area contributed by atoms with E-state index in [4.69, 9.17) is 22.3 Å². The molecule has 0 aliphatic rings. The number of imidazole rings is 1. The molecule has 0 fully saturated rings. The molecular weight excluding hydrogens is 325 g/mol. The van der Waals surface area contributed by atoms with Gasteiger partial charge in [-0.3, -0.25) is 4.79 Å². The van der Waals surface area contributed by atoms with Crippen molar-refractivity contribution in [2.75, 3.05) is 5.32 Å². The van der Waals surface area contributed by atoms with Crippen LogP contribution in [-0.2, 0) is 16.1 Å². The van der Waals surface area contributed by atoms with Crippen molar-refractivity contribution in [1.82, 2.24) is 9.55 Å². The Labute approximate surface area is 124 Å². The molecule has 2 aromatic rings. The number of rotatable bonds is 3. The van der Waals surface area contributed by atoms with E-state index in [-0.39, 0.29) is 15.8 Å². The average Bonchev–Trinajstić information content (AvgIpc) is 2.73. The van der Waals surface area contributed by atoms with Crippen molar-refractivity contribution < 1.29 is 13.2 Å². The lowest BCUT2D eigenvalue weighted by Crippen LogP contribution is -2.15. The number of aryl methyl sites for hydroxylation is 1. The zero-order valence-corrected chi connectivity index (χ0v) is 12.5. The van der Waals surface area contributed by atoms with Crippen molar-refractivity contribution in [2.24, 2.45) is 7.05 Å². The van der Waals surface area contributed by atoms with E-state index in [9.17, 15) is 13.2 Å². The summed E-state index contributed by atoms with van der Waals surface area (Å²) in [6.45, 7) is 0. The van der Waals surface area contributed by atoms with E-state index in [1.165, 1.54) is 30.7 Å². The Morgan fingerprint density at radius 2 is 2.10 bits per heavy atom. The molecule has 1 aromatic carbocycles. The van der Waals surface area contributed by atoms with Crippen LogP contribution in [-0.4, -0.2) is 23.9 Å². The minimum Gasteiger partial charge on any atom is -0.330 e. The van der Waals surface area contributed by atoms with Crippen LogP contribution in [0.5, 0.6) is 0 Å². The predicted molar refractivity (Wildman–Crippen MR) is 75.7 cm³/mol. The fourth-order valence-corrected chi connectivity index (χ4v) is 3.08. The molecule has 0 aliphatic carbocycles. The van der Waals surface area contributed by atoms with E-state index < -0.39 is 9.05 Å². The monoisotopic (exact) mass is 333 g/mol. The number of benzene rings is 1. The van der Waals surface area contributed by atoms with Gasteiger partial charge in [-0.05, 0) is 18.2 Å². The van der Waals surface area contributed by atoms with Crippen molar-refractivity contribution in [3.63, 3.8) is 0 Å². The van der Waals surface area contributed by atoms with Crippen LogP contribution >= 0.6 is 22.3 Å². The summed E-state index contributed by atoms with van der Waals surface area (Å²) in [7, 11) is 2.98. The molecule has 2 rings (SSSR count). The van der Waals surface area contributed by atoms with Gasteiger partial charge in [0.05, 0.1) is 17.5 Å². The number of nitrogens with zero attached hydrogens (tertiary/aromatic N) is 2. The van der Waals surface area contributed by atoms with Crippen molar-refractivity contribution in [2.45, 2.75) is 4.90 Å². The van der Waals surface area contributed by atoms with Gasteiger partial charge < -0.3 is 9.88 Å². The van der Waals surface area contributed by atoms with Crippen molar-refractivity contribution >= 4 is 42.9 Å². The van der Waals surface area contributed by atoms with Crippen LogP contribution in [0.2, 0.25) is 5.02 Å². The van der Waals surface area contributed by atoms with Gasteiger partial charge in [-0.1, -0.05) is 11.6 Å². The number of nitrogens with one attached hydrogen (secondary N) is 1. The highest BCUT2D eigenvalue weighted by molar-refractivity contribution is 8.13. The summed E-state index contributed by atoms with van der Waals surface area (Å²) < 4.78 is 24.0. The van der Waals surface area contributed by atoms with Gasteiger partial charge >= 0.3 is 0 Å². The fourth-order valence-electron chi connectivity index (χ4n) is 1.55. The summed E-state index contributed by atoms with van der Waals surface area (Å²) >= 11 is 5.82. The number of carbonyl (C=O) groups is 1. The summed E-state index contributed by atoms with van der Waals surface area (Å²) in [4.78, 5) is 15.5. The topological polar surface area (TPSA) is 81.1 Å². The number of anilines is 1. The summed E-state index contributed by atoms with van der Waals surface area (Å²) in [6.07, 6.45) is 2.90. The van der Waals surface area contributed by atoms with Gasteiger partial charge in [-0.2, -0.15) is 0 Å². The van der Waals surface area contributed by atoms with Crippen molar-refractivity contribution in [3.8, 4) is 0 Å². The smallest absolute Gasteiger partial charge is 0.273 e. The van der Waals surface area contributed by atoms with E-state index in [2.05, 4.69) is 10.3 Å². The lowest BCUT2D eigenvalue weighted by Gasteiger charge is -2.07. The molecule has 0 unspecified atom stereocenters. The van der Waals surface area contributed by atoms with Crippen LogP contribution in [0.3, 0.4) is 0 Å². The second-order valence-corrected chi connectivity index (χ2v) is 6.87. The number of hydrogen-bond donors (Lipinski definition) is 1. The van der Waals surface area contributed by atoms with Gasteiger partial charge in [0.1, 0.15) is 10.6 Å². The summed E-state index contributed by atoms with van der Waals surface area (Å²) in [5.74, 6) is -0.387. The molecular formula is C11H9Cl2N3O3S. The van der Waals surface area contributed by atoms with Crippen LogP contribution in [0.25, 0.3) is 0 Å². The van der Waals surface area contributed by atoms with Gasteiger partial charge in [0.2, 0.25) is 0 Å². The van der Waals surface area contributed by atoms with E-state index in [0.29, 0.717) is 11.4 Å². The fraction of sp³-hybridized carbons (Fsp3) is 0.0909. The Hall–Kier alpha value is -1.57. The molecule has 1 heterocycles. The van der Waals surface area contributed by atoms with Gasteiger partial charge in [0.15, 0.2) is 0 Å². The Bertz CT molecular complexity index is 771. The molecule has 1 amide bonds. The minimum atomic E-state index is -3.92. The number of hydrogen-bond acceptors (Lipinski definition) is 4. The molecule has 9 heteroatoms. The average molecular weight is 334 g/mol. The molecule has 106 valence electrons. The molecule has 0 bridgehead atoms. The summed E-state index contributed by atoms with van der Waals surface area (Å²) in [5.41, 5.74) is 0.709. The Morgan fingerprint density at radius 1 is 1.40 bits per heavy atom. The summed E-state index contributed by atoms with van der Waals surface area (Å²) in [6, 6.07) is 3.93. The predicted octanol–water partition coefficient (Wildman–Crippen LogP) is 2.25. The Balaban J connectivity index is 2.26. The van der Waals surface area contributed by atoms with Crippen LogP contribution < -0.4 is 5.32 Å². The molecule has 0 radical (unpaired) electrons. The quantitative estimate of drug-likeness (QED) is 0.873. The number of aromatic nitrogens is 2. The zero-order valence-electron chi connectivity index (χ0n) is 10.2. The van der Waals surface area contributed by atoms with Crippen LogP contribution in [0.1, 0.15) is 10.5 Å². The molecule has 0 spiro atoms. The maximum absolute atomic E-state index is 11.9. The molecule has 0 atom stereocenters. The first-order chi connectivity index (χ1) is 9.29. The third kappa shape index (κ3) is 3.12. The highest BCUT2D eigenvalue weighted by atomic mass is 35.7. The first-order valence-corrected chi connectivity index (χ1v) is 7.99. The number of amides is 1. The van der Waals surface area contributed by atoms with E-state index in [1.54, 1.807) is 11.6 Å². The van der Waals surface area contributed by atoms with Gasteiger partial charge in [0, 0.05) is 23.4 Å². The normalized spacial score (nSPS) is 11.3. The minimum absolute atomic E-state index is 0.0668. The second-order valence-electron chi connectivity index (χ2n) is 3.93. The lowest BCUT2D eigenvalue weighted by molar-refractivity contribution is 0.101.